The first-order chi connectivity index (χ1) is 8.65. The van der Waals surface area contributed by atoms with Gasteiger partial charge in [-0.25, -0.2) is 9.37 Å². The number of rotatable bonds is 1. The Morgan fingerprint density at radius 2 is 2.06 bits per heavy atom. The topological polar surface area (TPSA) is 43.8 Å². The van der Waals surface area contributed by atoms with Crippen LogP contribution in [-0.4, -0.2) is 15.6 Å². The minimum absolute atomic E-state index is 0.181. The van der Waals surface area contributed by atoms with E-state index in [2.05, 4.69) is 25.5 Å². The Morgan fingerprint density at radius 1 is 1.33 bits per heavy atom. The summed E-state index contributed by atoms with van der Waals surface area (Å²) >= 11 is 3.47. The Hall–Kier alpha value is -1.20. The highest BCUT2D eigenvalue weighted by molar-refractivity contribution is 9.10. The van der Waals surface area contributed by atoms with Gasteiger partial charge in [0.2, 0.25) is 0 Å². The molecular weight excluding hydrogens is 297 g/mol. The zero-order chi connectivity index (χ0) is 12.7. The second-order valence-electron chi connectivity index (χ2n) is 4.59. The SMILES string of the molecule is NC1CCn2c(Br)nc(-c3ccc(F)cc3)c2C1. The van der Waals surface area contributed by atoms with E-state index >= 15 is 0 Å². The molecule has 94 valence electrons. The van der Waals surface area contributed by atoms with Gasteiger partial charge in [-0.15, -0.1) is 0 Å². The molecule has 0 aliphatic carbocycles. The van der Waals surface area contributed by atoms with Gasteiger partial charge in [0, 0.05) is 30.3 Å². The van der Waals surface area contributed by atoms with Gasteiger partial charge in [0.1, 0.15) is 5.82 Å². The van der Waals surface area contributed by atoms with Crippen molar-refractivity contribution in [2.75, 3.05) is 0 Å². The standard InChI is InChI=1S/C13H13BrFN3/c14-13-17-12(8-1-3-9(15)4-2-8)11-7-10(16)5-6-18(11)13/h1-4,10H,5-7,16H2. The van der Waals surface area contributed by atoms with Gasteiger partial charge in [-0.1, -0.05) is 0 Å². The van der Waals surface area contributed by atoms with E-state index in [0.717, 1.165) is 41.1 Å². The molecule has 2 aromatic rings. The summed E-state index contributed by atoms with van der Waals surface area (Å²) in [5.41, 5.74) is 8.98. The summed E-state index contributed by atoms with van der Waals surface area (Å²) in [7, 11) is 0. The van der Waals surface area contributed by atoms with Crippen LogP contribution >= 0.6 is 15.9 Å². The smallest absolute Gasteiger partial charge is 0.177 e. The van der Waals surface area contributed by atoms with E-state index in [1.54, 1.807) is 12.1 Å². The average Bonchev–Trinajstić information content (AvgIpc) is 2.67. The Kier molecular flexibility index (Phi) is 2.95. The van der Waals surface area contributed by atoms with Crippen LogP contribution in [0.25, 0.3) is 11.3 Å². The molecule has 0 bridgehead atoms. The lowest BCUT2D eigenvalue weighted by Gasteiger charge is -2.21. The molecule has 0 spiro atoms. The first-order valence-electron chi connectivity index (χ1n) is 5.91. The van der Waals surface area contributed by atoms with Crippen LogP contribution in [0.4, 0.5) is 4.39 Å². The van der Waals surface area contributed by atoms with E-state index in [9.17, 15) is 4.39 Å². The summed E-state index contributed by atoms with van der Waals surface area (Å²) < 4.78 is 15.9. The molecule has 1 aliphatic rings. The van der Waals surface area contributed by atoms with E-state index in [0.29, 0.717) is 0 Å². The molecule has 3 rings (SSSR count). The molecular formula is C13H13BrFN3. The fraction of sp³-hybridized carbons (Fsp3) is 0.308. The minimum atomic E-state index is -0.234. The monoisotopic (exact) mass is 309 g/mol. The molecule has 1 atom stereocenters. The van der Waals surface area contributed by atoms with Crippen LogP contribution in [0, 0.1) is 5.82 Å². The molecule has 0 saturated heterocycles. The van der Waals surface area contributed by atoms with Crippen molar-refractivity contribution < 1.29 is 4.39 Å². The van der Waals surface area contributed by atoms with E-state index in [1.165, 1.54) is 12.1 Å². The number of nitrogens with two attached hydrogens (primary N) is 1. The summed E-state index contributed by atoms with van der Waals surface area (Å²) in [5.74, 6) is -0.234. The molecule has 5 heteroatoms. The number of hydrogen-bond acceptors (Lipinski definition) is 2. The lowest BCUT2D eigenvalue weighted by molar-refractivity contribution is 0.467. The molecule has 0 amide bonds. The van der Waals surface area contributed by atoms with Gasteiger partial charge in [0.25, 0.3) is 0 Å². The molecule has 2 N–H and O–H groups in total. The average molecular weight is 310 g/mol. The van der Waals surface area contributed by atoms with Gasteiger partial charge >= 0.3 is 0 Å². The number of nitrogens with zero attached hydrogens (tertiary/aromatic N) is 2. The maximum atomic E-state index is 13.0. The van der Waals surface area contributed by atoms with Crippen molar-refractivity contribution in [1.29, 1.82) is 0 Å². The van der Waals surface area contributed by atoms with Crippen LogP contribution in [-0.2, 0) is 13.0 Å². The number of halogens is 2. The van der Waals surface area contributed by atoms with Crippen molar-refractivity contribution in [3.05, 3.63) is 40.5 Å². The molecule has 0 radical (unpaired) electrons. The first-order valence-corrected chi connectivity index (χ1v) is 6.71. The van der Waals surface area contributed by atoms with Gasteiger partial charge in [0.15, 0.2) is 4.73 Å². The summed E-state index contributed by atoms with van der Waals surface area (Å²) in [6.07, 6.45) is 1.77. The number of aromatic nitrogens is 2. The van der Waals surface area contributed by atoms with Crippen molar-refractivity contribution in [3.8, 4) is 11.3 Å². The van der Waals surface area contributed by atoms with Crippen molar-refractivity contribution >= 4 is 15.9 Å². The van der Waals surface area contributed by atoms with Crippen LogP contribution in [0.5, 0.6) is 0 Å². The van der Waals surface area contributed by atoms with Gasteiger partial charge in [-0.3, -0.25) is 0 Å². The van der Waals surface area contributed by atoms with Crippen molar-refractivity contribution in [2.45, 2.75) is 25.4 Å². The van der Waals surface area contributed by atoms with Crippen molar-refractivity contribution in [3.63, 3.8) is 0 Å². The van der Waals surface area contributed by atoms with Crippen molar-refractivity contribution in [2.24, 2.45) is 5.73 Å². The molecule has 1 aromatic heterocycles. The molecule has 0 saturated carbocycles. The zero-order valence-corrected chi connectivity index (χ0v) is 11.3. The maximum Gasteiger partial charge on any atom is 0.177 e. The third-order valence-corrected chi connectivity index (χ3v) is 3.93. The number of benzene rings is 1. The maximum absolute atomic E-state index is 13.0. The molecule has 0 fully saturated rings. The molecule has 1 aliphatic heterocycles. The predicted molar refractivity (Wildman–Crippen MR) is 71.6 cm³/mol. The summed E-state index contributed by atoms with van der Waals surface area (Å²) in [4.78, 5) is 4.53. The number of fused-ring (bicyclic) bond motifs is 1. The van der Waals surface area contributed by atoms with Gasteiger partial charge in [-0.2, -0.15) is 0 Å². The largest absolute Gasteiger partial charge is 0.327 e. The normalized spacial score (nSPS) is 18.7. The van der Waals surface area contributed by atoms with E-state index in [1.807, 2.05) is 0 Å². The fourth-order valence-corrected chi connectivity index (χ4v) is 2.94. The van der Waals surface area contributed by atoms with E-state index in [-0.39, 0.29) is 11.9 Å². The van der Waals surface area contributed by atoms with E-state index < -0.39 is 0 Å². The van der Waals surface area contributed by atoms with Crippen LogP contribution in [0.2, 0.25) is 0 Å². The second kappa shape index (κ2) is 4.48. The molecule has 1 unspecified atom stereocenters. The Labute approximate surface area is 113 Å². The van der Waals surface area contributed by atoms with Gasteiger partial charge in [-0.05, 0) is 46.6 Å². The Bertz CT molecular complexity index is 577. The van der Waals surface area contributed by atoms with Crippen LogP contribution < -0.4 is 5.73 Å². The highest BCUT2D eigenvalue weighted by Gasteiger charge is 2.23. The number of hydrogen-bond donors (Lipinski definition) is 1. The molecule has 1 aromatic carbocycles. The lowest BCUT2D eigenvalue weighted by atomic mass is 10.0. The third kappa shape index (κ3) is 1.97. The summed E-state index contributed by atoms with van der Waals surface area (Å²) in [5, 5.41) is 0. The second-order valence-corrected chi connectivity index (χ2v) is 5.30. The highest BCUT2D eigenvalue weighted by Crippen LogP contribution is 2.30. The molecule has 2 heterocycles. The zero-order valence-electron chi connectivity index (χ0n) is 9.74. The minimum Gasteiger partial charge on any atom is -0.327 e. The van der Waals surface area contributed by atoms with Crippen LogP contribution in [0.3, 0.4) is 0 Å². The van der Waals surface area contributed by atoms with Crippen LogP contribution in [0.15, 0.2) is 29.0 Å². The third-order valence-electron chi connectivity index (χ3n) is 3.32. The Balaban J connectivity index is 2.10. The summed E-state index contributed by atoms with van der Waals surface area (Å²) in [6, 6.07) is 6.60. The number of imidazole rings is 1. The molecule has 3 nitrogen and oxygen atoms in total. The lowest BCUT2D eigenvalue weighted by Crippen LogP contribution is -2.30. The quantitative estimate of drug-likeness (QED) is 0.880. The Morgan fingerprint density at radius 3 is 2.78 bits per heavy atom. The van der Waals surface area contributed by atoms with Gasteiger partial charge < -0.3 is 10.3 Å². The van der Waals surface area contributed by atoms with Gasteiger partial charge in [0.05, 0.1) is 5.69 Å². The first kappa shape index (κ1) is 11.9. The summed E-state index contributed by atoms with van der Waals surface area (Å²) in [6.45, 7) is 0.880. The van der Waals surface area contributed by atoms with Crippen molar-refractivity contribution in [1.82, 2.24) is 9.55 Å². The van der Waals surface area contributed by atoms with Crippen LogP contribution in [0.1, 0.15) is 12.1 Å². The van der Waals surface area contributed by atoms with E-state index in [4.69, 9.17) is 5.73 Å². The highest BCUT2D eigenvalue weighted by atomic mass is 79.9. The predicted octanol–water partition coefficient (Wildman–Crippen LogP) is 2.73. The molecule has 18 heavy (non-hydrogen) atoms. The fourth-order valence-electron chi connectivity index (χ4n) is 2.37.